The molecule has 1 fully saturated rings. The Labute approximate surface area is 96.2 Å². The lowest BCUT2D eigenvalue weighted by Crippen LogP contribution is -2.45. The fourth-order valence-corrected chi connectivity index (χ4v) is 2.36. The summed E-state index contributed by atoms with van der Waals surface area (Å²) in [5, 5.41) is 10.7. The van der Waals surface area contributed by atoms with Gasteiger partial charge >= 0.3 is 0 Å². The Kier molecular flexibility index (Phi) is 3.59. The summed E-state index contributed by atoms with van der Waals surface area (Å²) in [7, 11) is 0. The van der Waals surface area contributed by atoms with Gasteiger partial charge in [0.05, 0.1) is 6.61 Å². The van der Waals surface area contributed by atoms with E-state index < -0.39 is 5.60 Å². The predicted octanol–water partition coefficient (Wildman–Crippen LogP) is 1.26. The number of nitrogens with two attached hydrogens (primary N) is 1. The summed E-state index contributed by atoms with van der Waals surface area (Å²) >= 11 is 0. The largest absolute Gasteiger partial charge is 0.383 e. The van der Waals surface area contributed by atoms with E-state index in [1.165, 1.54) is 0 Å². The molecule has 2 rings (SSSR count). The van der Waals surface area contributed by atoms with Gasteiger partial charge in [-0.2, -0.15) is 0 Å². The lowest BCUT2D eigenvalue weighted by Gasteiger charge is -2.37. The zero-order valence-electron chi connectivity index (χ0n) is 9.43. The first-order chi connectivity index (χ1) is 7.77. The van der Waals surface area contributed by atoms with E-state index in [9.17, 15) is 5.11 Å². The highest BCUT2D eigenvalue weighted by atomic mass is 16.5. The van der Waals surface area contributed by atoms with Gasteiger partial charge in [0.1, 0.15) is 5.60 Å². The van der Waals surface area contributed by atoms with Crippen molar-refractivity contribution in [1.82, 2.24) is 0 Å². The molecule has 88 valence electrons. The van der Waals surface area contributed by atoms with Crippen LogP contribution in [0, 0.1) is 5.92 Å². The predicted molar refractivity (Wildman–Crippen MR) is 62.9 cm³/mol. The lowest BCUT2D eigenvalue weighted by atomic mass is 9.78. The lowest BCUT2D eigenvalue weighted by molar-refractivity contribution is -0.0782. The summed E-state index contributed by atoms with van der Waals surface area (Å²) in [6, 6.07) is 9.67. The van der Waals surface area contributed by atoms with Crippen LogP contribution in [0.25, 0.3) is 0 Å². The Morgan fingerprint density at radius 2 is 2.12 bits per heavy atom. The highest BCUT2D eigenvalue weighted by molar-refractivity contribution is 5.24. The van der Waals surface area contributed by atoms with Crippen molar-refractivity contribution in [2.24, 2.45) is 11.7 Å². The van der Waals surface area contributed by atoms with Gasteiger partial charge in [-0.3, -0.25) is 0 Å². The van der Waals surface area contributed by atoms with Gasteiger partial charge in [-0.05, 0) is 18.4 Å². The molecule has 3 heteroatoms. The second kappa shape index (κ2) is 4.95. The maximum atomic E-state index is 10.7. The SMILES string of the molecule is NCC(O)(c1ccccc1)C1CCCOC1. The average Bonchev–Trinajstić information content (AvgIpc) is 2.40. The van der Waals surface area contributed by atoms with Crippen molar-refractivity contribution in [3.8, 4) is 0 Å². The van der Waals surface area contributed by atoms with E-state index in [4.69, 9.17) is 10.5 Å². The molecule has 1 heterocycles. The number of ether oxygens (including phenoxy) is 1. The van der Waals surface area contributed by atoms with E-state index in [2.05, 4.69) is 0 Å². The summed E-state index contributed by atoms with van der Waals surface area (Å²) < 4.78 is 5.44. The van der Waals surface area contributed by atoms with Crippen LogP contribution in [0.15, 0.2) is 30.3 Å². The Morgan fingerprint density at radius 3 is 2.69 bits per heavy atom. The molecule has 1 aliphatic heterocycles. The Balaban J connectivity index is 2.24. The van der Waals surface area contributed by atoms with Crippen molar-refractivity contribution >= 4 is 0 Å². The zero-order chi connectivity index (χ0) is 11.4. The van der Waals surface area contributed by atoms with Crippen LogP contribution < -0.4 is 5.73 Å². The van der Waals surface area contributed by atoms with Gasteiger partial charge in [-0.15, -0.1) is 0 Å². The van der Waals surface area contributed by atoms with Crippen molar-refractivity contribution in [3.63, 3.8) is 0 Å². The molecule has 16 heavy (non-hydrogen) atoms. The quantitative estimate of drug-likeness (QED) is 0.808. The Bertz CT molecular complexity index is 322. The third kappa shape index (κ3) is 2.12. The first-order valence-electron chi connectivity index (χ1n) is 5.83. The van der Waals surface area contributed by atoms with Crippen LogP contribution in [-0.4, -0.2) is 24.9 Å². The molecule has 3 N–H and O–H groups in total. The molecule has 0 amide bonds. The van der Waals surface area contributed by atoms with Crippen LogP contribution in [0.1, 0.15) is 18.4 Å². The van der Waals surface area contributed by atoms with Gasteiger partial charge in [0.15, 0.2) is 0 Å². The third-order valence-corrected chi connectivity index (χ3v) is 3.42. The molecular weight excluding hydrogens is 202 g/mol. The Morgan fingerprint density at radius 1 is 1.38 bits per heavy atom. The summed E-state index contributed by atoms with van der Waals surface area (Å²) in [6.45, 7) is 1.64. The zero-order valence-corrected chi connectivity index (χ0v) is 9.43. The topological polar surface area (TPSA) is 55.5 Å². The monoisotopic (exact) mass is 221 g/mol. The standard InChI is InChI=1S/C13H19NO2/c14-10-13(15,11-5-2-1-3-6-11)12-7-4-8-16-9-12/h1-3,5-6,12,15H,4,7-10,14H2. The minimum absolute atomic E-state index is 0.105. The van der Waals surface area contributed by atoms with Crippen molar-refractivity contribution in [2.75, 3.05) is 19.8 Å². The van der Waals surface area contributed by atoms with Crippen LogP contribution in [0.2, 0.25) is 0 Å². The fraction of sp³-hybridized carbons (Fsp3) is 0.538. The van der Waals surface area contributed by atoms with Crippen LogP contribution in [0.3, 0.4) is 0 Å². The average molecular weight is 221 g/mol. The summed E-state index contributed by atoms with van der Waals surface area (Å²) in [5.74, 6) is 0.105. The van der Waals surface area contributed by atoms with Crippen LogP contribution in [-0.2, 0) is 10.3 Å². The summed E-state index contributed by atoms with van der Waals surface area (Å²) in [4.78, 5) is 0. The molecule has 3 nitrogen and oxygen atoms in total. The van der Waals surface area contributed by atoms with E-state index in [1.807, 2.05) is 30.3 Å². The minimum Gasteiger partial charge on any atom is -0.383 e. The molecule has 0 saturated carbocycles. The number of hydrogen-bond acceptors (Lipinski definition) is 3. The van der Waals surface area contributed by atoms with Gasteiger partial charge in [-0.25, -0.2) is 0 Å². The van der Waals surface area contributed by atoms with Gasteiger partial charge < -0.3 is 15.6 Å². The minimum atomic E-state index is -0.943. The van der Waals surface area contributed by atoms with Crippen LogP contribution in [0.5, 0.6) is 0 Å². The fourth-order valence-electron chi connectivity index (χ4n) is 2.36. The molecule has 2 unspecified atom stereocenters. The second-order valence-corrected chi connectivity index (χ2v) is 4.41. The molecule has 0 aromatic heterocycles. The van der Waals surface area contributed by atoms with Gasteiger partial charge in [0.25, 0.3) is 0 Å². The second-order valence-electron chi connectivity index (χ2n) is 4.41. The molecule has 1 aromatic carbocycles. The van der Waals surface area contributed by atoms with E-state index >= 15 is 0 Å². The highest BCUT2D eigenvalue weighted by Crippen LogP contribution is 2.33. The van der Waals surface area contributed by atoms with Crippen molar-refractivity contribution in [1.29, 1.82) is 0 Å². The normalized spacial score (nSPS) is 25.0. The number of benzene rings is 1. The highest BCUT2D eigenvalue weighted by Gasteiger charge is 2.38. The molecule has 0 spiro atoms. The van der Waals surface area contributed by atoms with Crippen molar-refractivity contribution in [3.05, 3.63) is 35.9 Å². The van der Waals surface area contributed by atoms with E-state index in [0.29, 0.717) is 6.61 Å². The van der Waals surface area contributed by atoms with Gasteiger partial charge in [0.2, 0.25) is 0 Å². The van der Waals surface area contributed by atoms with Crippen LogP contribution >= 0.6 is 0 Å². The van der Waals surface area contributed by atoms with Crippen molar-refractivity contribution in [2.45, 2.75) is 18.4 Å². The molecule has 2 atom stereocenters. The number of rotatable bonds is 3. The number of hydrogen-bond donors (Lipinski definition) is 2. The molecule has 0 bridgehead atoms. The molecule has 1 aromatic rings. The molecule has 0 aliphatic carbocycles. The van der Waals surface area contributed by atoms with Gasteiger partial charge in [-0.1, -0.05) is 30.3 Å². The number of aliphatic hydroxyl groups is 1. The van der Waals surface area contributed by atoms with E-state index in [1.54, 1.807) is 0 Å². The summed E-state index contributed by atoms with van der Waals surface area (Å²) in [6.07, 6.45) is 1.97. The molecular formula is C13H19NO2. The molecule has 0 radical (unpaired) electrons. The van der Waals surface area contributed by atoms with Gasteiger partial charge in [0, 0.05) is 19.1 Å². The molecule has 1 saturated heterocycles. The smallest absolute Gasteiger partial charge is 0.107 e. The maximum absolute atomic E-state index is 10.7. The Hall–Kier alpha value is -0.900. The first kappa shape index (κ1) is 11.6. The maximum Gasteiger partial charge on any atom is 0.107 e. The van der Waals surface area contributed by atoms with E-state index in [0.717, 1.165) is 25.0 Å². The van der Waals surface area contributed by atoms with E-state index in [-0.39, 0.29) is 12.5 Å². The van der Waals surface area contributed by atoms with Crippen LogP contribution in [0.4, 0.5) is 0 Å². The third-order valence-electron chi connectivity index (χ3n) is 3.42. The summed E-state index contributed by atoms with van der Waals surface area (Å²) in [5.41, 5.74) is 5.72. The molecule has 1 aliphatic rings. The first-order valence-corrected chi connectivity index (χ1v) is 5.83. The van der Waals surface area contributed by atoms with Crippen molar-refractivity contribution < 1.29 is 9.84 Å².